The van der Waals surface area contributed by atoms with Gasteiger partial charge >= 0.3 is 11.9 Å². The minimum Gasteiger partial charge on any atom is -0.493 e. The Kier molecular flexibility index (Phi) is 11.1. The van der Waals surface area contributed by atoms with Crippen molar-refractivity contribution in [3.8, 4) is 22.6 Å². The van der Waals surface area contributed by atoms with E-state index in [4.69, 9.17) is 29.1 Å². The van der Waals surface area contributed by atoms with Crippen LogP contribution in [0, 0.1) is 0 Å². The molecular weight excluding hydrogens is 582 g/mol. The molecule has 46 heavy (non-hydrogen) atoms. The van der Waals surface area contributed by atoms with Gasteiger partial charge in [0, 0.05) is 35.0 Å². The van der Waals surface area contributed by atoms with Gasteiger partial charge in [-0.25, -0.2) is 0 Å². The van der Waals surface area contributed by atoms with Crippen molar-refractivity contribution in [3.05, 3.63) is 119 Å². The normalized spacial score (nSPS) is 10.9. The van der Waals surface area contributed by atoms with Crippen LogP contribution in [0.1, 0.15) is 41.9 Å². The summed E-state index contributed by atoms with van der Waals surface area (Å²) in [6.07, 6.45) is 0.816. The van der Waals surface area contributed by atoms with Crippen molar-refractivity contribution in [1.29, 1.82) is 0 Å². The fraction of sp³-hybridized carbons (Fsp3) is 0.263. The second-order valence-corrected chi connectivity index (χ2v) is 10.7. The lowest BCUT2D eigenvalue weighted by Crippen LogP contribution is -2.09. The molecule has 0 radical (unpaired) electrons. The van der Waals surface area contributed by atoms with Crippen LogP contribution in [0.3, 0.4) is 0 Å². The van der Waals surface area contributed by atoms with Crippen molar-refractivity contribution in [2.45, 2.75) is 46.3 Å². The summed E-state index contributed by atoms with van der Waals surface area (Å²) in [5.74, 6) is 1.47. The SMILES string of the molecule is CCOC(=O)Cc1ccccc1OCCc1cc2cc(COc3ccccc3CC(=O)OCC)cc(-c3cccc(CN)c3)c2o1. The second kappa shape index (κ2) is 15.8. The monoisotopic (exact) mass is 621 g/mol. The number of furan rings is 1. The number of rotatable bonds is 15. The molecule has 0 aliphatic rings. The van der Waals surface area contributed by atoms with Crippen LogP contribution in [0.4, 0.5) is 0 Å². The van der Waals surface area contributed by atoms with Crippen molar-refractivity contribution < 1.29 is 33.0 Å². The molecule has 0 aliphatic carbocycles. The Bertz CT molecular complexity index is 1790. The predicted molar refractivity (Wildman–Crippen MR) is 177 cm³/mol. The van der Waals surface area contributed by atoms with E-state index in [1.165, 1.54) is 0 Å². The van der Waals surface area contributed by atoms with Gasteiger partial charge in [0.15, 0.2) is 0 Å². The standard InChI is InChI=1S/C38H39NO7/c1-3-42-36(40)22-29-11-5-7-14-34(29)44-17-16-32-21-31-19-27(20-33(38(31)46-32)28-13-9-10-26(18-28)24-39)25-45-35-15-8-6-12-30(35)23-37(41)43-4-2/h5-15,18-21H,3-4,16-17,22-25,39H2,1-2H3. The molecule has 0 fully saturated rings. The maximum atomic E-state index is 12.2. The molecule has 238 valence electrons. The van der Waals surface area contributed by atoms with Crippen LogP contribution in [-0.2, 0) is 51.5 Å². The molecule has 0 saturated heterocycles. The maximum Gasteiger partial charge on any atom is 0.310 e. The lowest BCUT2D eigenvalue weighted by atomic mass is 9.99. The molecule has 0 saturated carbocycles. The Balaban J connectivity index is 1.38. The van der Waals surface area contributed by atoms with Crippen molar-refractivity contribution >= 4 is 22.9 Å². The summed E-state index contributed by atoms with van der Waals surface area (Å²) in [7, 11) is 0. The number of benzene rings is 4. The van der Waals surface area contributed by atoms with Crippen molar-refractivity contribution in [2.24, 2.45) is 5.73 Å². The molecule has 0 unspecified atom stereocenters. The number of fused-ring (bicyclic) bond motifs is 1. The van der Waals surface area contributed by atoms with E-state index >= 15 is 0 Å². The highest BCUT2D eigenvalue weighted by molar-refractivity contribution is 5.93. The van der Waals surface area contributed by atoms with Crippen LogP contribution < -0.4 is 15.2 Å². The molecule has 0 bridgehead atoms. The molecule has 1 aromatic heterocycles. The molecule has 1 heterocycles. The first kappa shape index (κ1) is 32.3. The number of para-hydroxylation sites is 2. The molecule has 8 nitrogen and oxygen atoms in total. The third-order valence-corrected chi connectivity index (χ3v) is 7.43. The minimum absolute atomic E-state index is 0.140. The van der Waals surface area contributed by atoms with E-state index in [0.29, 0.717) is 50.9 Å². The molecule has 0 amide bonds. The van der Waals surface area contributed by atoms with Crippen molar-refractivity contribution in [2.75, 3.05) is 19.8 Å². The fourth-order valence-electron chi connectivity index (χ4n) is 5.29. The van der Waals surface area contributed by atoms with Gasteiger partial charge in [0.05, 0.1) is 32.7 Å². The summed E-state index contributed by atoms with van der Waals surface area (Å²) < 4.78 is 29.0. The van der Waals surface area contributed by atoms with Crippen molar-refractivity contribution in [1.82, 2.24) is 0 Å². The minimum atomic E-state index is -0.292. The second-order valence-electron chi connectivity index (χ2n) is 10.7. The van der Waals surface area contributed by atoms with Gasteiger partial charge in [0.25, 0.3) is 0 Å². The van der Waals surface area contributed by atoms with Gasteiger partial charge in [0.1, 0.15) is 29.4 Å². The molecule has 5 rings (SSSR count). The zero-order valence-electron chi connectivity index (χ0n) is 26.3. The summed E-state index contributed by atoms with van der Waals surface area (Å²) in [6, 6.07) is 29.2. The van der Waals surface area contributed by atoms with Gasteiger partial charge in [-0.2, -0.15) is 0 Å². The van der Waals surface area contributed by atoms with Gasteiger partial charge in [-0.1, -0.05) is 54.6 Å². The molecule has 8 heteroatoms. The highest BCUT2D eigenvalue weighted by Gasteiger charge is 2.16. The smallest absolute Gasteiger partial charge is 0.310 e. The van der Waals surface area contributed by atoms with E-state index in [-0.39, 0.29) is 24.8 Å². The molecule has 4 aromatic carbocycles. The van der Waals surface area contributed by atoms with E-state index in [1.807, 2.05) is 72.8 Å². The molecule has 0 spiro atoms. The van der Waals surface area contributed by atoms with Gasteiger partial charge < -0.3 is 29.1 Å². The number of ether oxygens (including phenoxy) is 4. The Morgan fingerprint density at radius 2 is 1.37 bits per heavy atom. The average molecular weight is 622 g/mol. The predicted octanol–water partition coefficient (Wildman–Crippen LogP) is 6.97. The van der Waals surface area contributed by atoms with Crippen LogP contribution in [-0.4, -0.2) is 31.8 Å². The Hall–Kier alpha value is -5.08. The summed E-state index contributed by atoms with van der Waals surface area (Å²) in [6.45, 7) is 5.33. The van der Waals surface area contributed by atoms with Crippen LogP contribution in [0.15, 0.2) is 95.4 Å². The lowest BCUT2D eigenvalue weighted by molar-refractivity contribution is -0.143. The largest absolute Gasteiger partial charge is 0.493 e. The van der Waals surface area contributed by atoms with Crippen LogP contribution in [0.5, 0.6) is 11.5 Å². The molecule has 0 atom stereocenters. The number of carbonyl (C=O) groups is 2. The van der Waals surface area contributed by atoms with Gasteiger partial charge in [0.2, 0.25) is 0 Å². The van der Waals surface area contributed by atoms with Crippen molar-refractivity contribution in [3.63, 3.8) is 0 Å². The summed E-state index contributed by atoms with van der Waals surface area (Å²) in [5.41, 5.74) is 12.2. The molecule has 5 aromatic rings. The van der Waals surface area contributed by atoms with Crippen LogP contribution >= 0.6 is 0 Å². The van der Waals surface area contributed by atoms with E-state index < -0.39 is 0 Å². The van der Waals surface area contributed by atoms with E-state index in [9.17, 15) is 9.59 Å². The van der Waals surface area contributed by atoms with Gasteiger partial charge in [-0.3, -0.25) is 9.59 Å². The maximum absolute atomic E-state index is 12.2. The highest BCUT2D eigenvalue weighted by atomic mass is 16.5. The highest BCUT2D eigenvalue weighted by Crippen LogP contribution is 2.34. The van der Waals surface area contributed by atoms with E-state index in [1.54, 1.807) is 13.8 Å². The lowest BCUT2D eigenvalue weighted by Gasteiger charge is -2.13. The zero-order chi connectivity index (χ0) is 32.3. The summed E-state index contributed by atoms with van der Waals surface area (Å²) >= 11 is 0. The Morgan fingerprint density at radius 3 is 2.02 bits per heavy atom. The molecule has 2 N–H and O–H groups in total. The summed E-state index contributed by atoms with van der Waals surface area (Å²) in [4.78, 5) is 24.2. The number of hydrogen-bond donors (Lipinski definition) is 1. The van der Waals surface area contributed by atoms with Crippen LogP contribution in [0.2, 0.25) is 0 Å². The zero-order valence-corrected chi connectivity index (χ0v) is 26.3. The van der Waals surface area contributed by atoms with Crippen LogP contribution in [0.25, 0.3) is 22.1 Å². The number of nitrogens with two attached hydrogens (primary N) is 1. The Morgan fingerprint density at radius 1 is 0.717 bits per heavy atom. The quantitative estimate of drug-likeness (QED) is 0.125. The number of carbonyl (C=O) groups excluding carboxylic acids is 2. The number of hydrogen-bond acceptors (Lipinski definition) is 8. The van der Waals surface area contributed by atoms with Gasteiger partial charge in [-0.15, -0.1) is 0 Å². The summed E-state index contributed by atoms with van der Waals surface area (Å²) in [5, 5.41) is 0.937. The molecular formula is C38H39NO7. The third kappa shape index (κ3) is 8.34. The van der Waals surface area contributed by atoms with E-state index in [2.05, 4.69) is 18.2 Å². The Labute approximate surface area is 269 Å². The number of esters is 2. The third-order valence-electron chi connectivity index (χ3n) is 7.43. The fourth-order valence-corrected chi connectivity index (χ4v) is 5.29. The first-order valence-corrected chi connectivity index (χ1v) is 15.5. The van der Waals surface area contributed by atoms with E-state index in [0.717, 1.165) is 50.1 Å². The van der Waals surface area contributed by atoms with Gasteiger partial charge in [-0.05, 0) is 66.9 Å². The topological polar surface area (TPSA) is 110 Å². The molecule has 0 aliphatic heterocycles. The average Bonchev–Trinajstić information content (AvgIpc) is 3.48. The first-order chi connectivity index (χ1) is 22.5. The first-order valence-electron chi connectivity index (χ1n) is 15.5.